The molecule has 0 amide bonds. The monoisotopic (exact) mass is 231 g/mol. The second-order valence-electron chi connectivity index (χ2n) is 5.63. The zero-order valence-electron chi connectivity index (χ0n) is 10.8. The van der Waals surface area contributed by atoms with Gasteiger partial charge in [-0.1, -0.05) is 13.0 Å². The molecule has 2 heteroatoms. The number of piperidine rings is 1. The van der Waals surface area contributed by atoms with E-state index in [1.54, 1.807) is 7.11 Å². The SMILES string of the molecule is COc1ccc2c(c1)C1(C)CCNCC1CC2. The van der Waals surface area contributed by atoms with Gasteiger partial charge < -0.3 is 10.1 Å². The van der Waals surface area contributed by atoms with Gasteiger partial charge in [-0.25, -0.2) is 0 Å². The van der Waals surface area contributed by atoms with Gasteiger partial charge in [-0.15, -0.1) is 0 Å². The highest BCUT2D eigenvalue weighted by Gasteiger charge is 2.41. The summed E-state index contributed by atoms with van der Waals surface area (Å²) in [5.41, 5.74) is 3.42. The van der Waals surface area contributed by atoms with Gasteiger partial charge in [0.05, 0.1) is 7.11 Å². The molecule has 0 bridgehead atoms. The fourth-order valence-corrected chi connectivity index (χ4v) is 3.59. The van der Waals surface area contributed by atoms with E-state index in [2.05, 4.69) is 30.4 Å². The summed E-state index contributed by atoms with van der Waals surface area (Å²) in [5.74, 6) is 1.79. The van der Waals surface area contributed by atoms with Crippen LogP contribution in [0.4, 0.5) is 0 Å². The summed E-state index contributed by atoms with van der Waals surface area (Å²) >= 11 is 0. The zero-order valence-corrected chi connectivity index (χ0v) is 10.8. The molecule has 2 unspecified atom stereocenters. The average Bonchev–Trinajstić information content (AvgIpc) is 2.38. The molecule has 2 nitrogen and oxygen atoms in total. The van der Waals surface area contributed by atoms with E-state index in [1.165, 1.54) is 36.9 Å². The summed E-state index contributed by atoms with van der Waals surface area (Å²) in [7, 11) is 1.76. The summed E-state index contributed by atoms with van der Waals surface area (Å²) in [6.45, 7) is 4.76. The van der Waals surface area contributed by atoms with Gasteiger partial charge in [-0.2, -0.15) is 0 Å². The van der Waals surface area contributed by atoms with Gasteiger partial charge in [-0.3, -0.25) is 0 Å². The lowest BCUT2D eigenvalue weighted by Gasteiger charge is -2.46. The first-order valence-corrected chi connectivity index (χ1v) is 6.62. The molecule has 0 radical (unpaired) electrons. The Kier molecular flexibility index (Phi) is 2.62. The molecule has 0 aromatic heterocycles. The van der Waals surface area contributed by atoms with Crippen molar-refractivity contribution in [2.24, 2.45) is 5.92 Å². The molecule has 1 N–H and O–H groups in total. The molecule has 0 spiro atoms. The van der Waals surface area contributed by atoms with Gasteiger partial charge in [0.1, 0.15) is 5.75 Å². The maximum absolute atomic E-state index is 5.39. The number of hydrogen-bond acceptors (Lipinski definition) is 2. The van der Waals surface area contributed by atoms with E-state index >= 15 is 0 Å². The van der Waals surface area contributed by atoms with Crippen LogP contribution >= 0.6 is 0 Å². The Hall–Kier alpha value is -1.02. The molecule has 0 saturated carbocycles. The fourth-order valence-electron chi connectivity index (χ4n) is 3.59. The Morgan fingerprint density at radius 1 is 1.41 bits per heavy atom. The Balaban J connectivity index is 2.08. The van der Waals surface area contributed by atoms with Crippen molar-refractivity contribution in [2.75, 3.05) is 20.2 Å². The third-order valence-electron chi connectivity index (χ3n) is 4.81. The Labute approximate surface area is 103 Å². The molecule has 3 rings (SSSR count). The van der Waals surface area contributed by atoms with Crippen molar-refractivity contribution < 1.29 is 4.74 Å². The van der Waals surface area contributed by atoms with Crippen LogP contribution in [0.5, 0.6) is 5.75 Å². The summed E-state index contributed by atoms with van der Waals surface area (Å²) in [5, 5.41) is 3.54. The van der Waals surface area contributed by atoms with Crippen LogP contribution in [-0.4, -0.2) is 20.2 Å². The molecule has 2 atom stereocenters. The smallest absolute Gasteiger partial charge is 0.119 e. The van der Waals surface area contributed by atoms with Crippen molar-refractivity contribution in [1.29, 1.82) is 0 Å². The predicted molar refractivity (Wildman–Crippen MR) is 69.6 cm³/mol. The molecular weight excluding hydrogens is 210 g/mol. The quantitative estimate of drug-likeness (QED) is 0.802. The van der Waals surface area contributed by atoms with Crippen LogP contribution in [0.15, 0.2) is 18.2 Å². The van der Waals surface area contributed by atoms with Gasteiger partial charge in [0.2, 0.25) is 0 Å². The van der Waals surface area contributed by atoms with Crippen LogP contribution in [0.25, 0.3) is 0 Å². The second-order valence-corrected chi connectivity index (χ2v) is 5.63. The average molecular weight is 231 g/mol. The minimum absolute atomic E-state index is 0.355. The van der Waals surface area contributed by atoms with Crippen molar-refractivity contribution >= 4 is 0 Å². The lowest BCUT2D eigenvalue weighted by Crippen LogP contribution is -2.48. The first kappa shape index (κ1) is 11.1. The Morgan fingerprint density at radius 2 is 2.29 bits per heavy atom. The third-order valence-corrected chi connectivity index (χ3v) is 4.81. The van der Waals surface area contributed by atoms with E-state index in [4.69, 9.17) is 4.74 Å². The molecule has 92 valence electrons. The molecule has 17 heavy (non-hydrogen) atoms. The van der Waals surface area contributed by atoms with Gasteiger partial charge in [0.25, 0.3) is 0 Å². The summed E-state index contributed by atoms with van der Waals surface area (Å²) in [4.78, 5) is 0. The van der Waals surface area contributed by atoms with Gasteiger partial charge in [0.15, 0.2) is 0 Å². The number of rotatable bonds is 1. The van der Waals surface area contributed by atoms with E-state index in [0.717, 1.165) is 18.2 Å². The fraction of sp³-hybridized carbons (Fsp3) is 0.600. The number of hydrogen-bond donors (Lipinski definition) is 1. The standard InChI is InChI=1S/C15H21NO/c1-15-7-8-16-10-12(15)5-3-11-4-6-13(17-2)9-14(11)15/h4,6,9,12,16H,3,5,7-8,10H2,1-2H3. The highest BCUT2D eigenvalue weighted by atomic mass is 16.5. The van der Waals surface area contributed by atoms with Gasteiger partial charge >= 0.3 is 0 Å². The summed E-state index contributed by atoms with van der Waals surface area (Å²) in [6, 6.07) is 6.63. The summed E-state index contributed by atoms with van der Waals surface area (Å²) < 4.78 is 5.39. The first-order valence-electron chi connectivity index (χ1n) is 6.62. The third kappa shape index (κ3) is 1.66. The number of nitrogens with one attached hydrogen (secondary N) is 1. The van der Waals surface area contributed by atoms with Crippen molar-refractivity contribution in [2.45, 2.75) is 31.6 Å². The second kappa shape index (κ2) is 4.02. The molecule has 1 aromatic rings. The number of ether oxygens (including phenoxy) is 1. The topological polar surface area (TPSA) is 21.3 Å². The first-order chi connectivity index (χ1) is 8.24. The molecule has 1 aromatic carbocycles. The highest BCUT2D eigenvalue weighted by molar-refractivity contribution is 5.43. The van der Waals surface area contributed by atoms with Gasteiger partial charge in [0, 0.05) is 0 Å². The largest absolute Gasteiger partial charge is 0.497 e. The highest BCUT2D eigenvalue weighted by Crippen LogP contribution is 2.45. The van der Waals surface area contributed by atoms with Crippen LogP contribution in [0.2, 0.25) is 0 Å². The van der Waals surface area contributed by atoms with Crippen LogP contribution < -0.4 is 10.1 Å². The van der Waals surface area contributed by atoms with E-state index in [1.807, 2.05) is 0 Å². The molecule has 1 fully saturated rings. The molecule has 1 saturated heterocycles. The van der Waals surface area contributed by atoms with Crippen molar-refractivity contribution in [3.05, 3.63) is 29.3 Å². The van der Waals surface area contributed by atoms with E-state index in [0.29, 0.717) is 5.41 Å². The number of methoxy groups -OCH3 is 1. The Morgan fingerprint density at radius 3 is 3.12 bits per heavy atom. The molecule has 1 aliphatic heterocycles. The lowest BCUT2D eigenvalue weighted by molar-refractivity contribution is 0.193. The Bertz CT molecular complexity index is 429. The van der Waals surface area contributed by atoms with Crippen LogP contribution in [0.1, 0.15) is 30.9 Å². The molecular formula is C15H21NO. The minimum Gasteiger partial charge on any atom is -0.497 e. The number of fused-ring (bicyclic) bond motifs is 3. The molecule has 1 aliphatic carbocycles. The van der Waals surface area contributed by atoms with Crippen LogP contribution in [0.3, 0.4) is 0 Å². The normalized spacial score (nSPS) is 31.5. The van der Waals surface area contributed by atoms with E-state index in [9.17, 15) is 0 Å². The minimum atomic E-state index is 0.355. The van der Waals surface area contributed by atoms with Gasteiger partial charge in [-0.05, 0) is 66.9 Å². The van der Waals surface area contributed by atoms with E-state index in [-0.39, 0.29) is 0 Å². The summed E-state index contributed by atoms with van der Waals surface area (Å²) in [6.07, 6.45) is 3.79. The van der Waals surface area contributed by atoms with Crippen LogP contribution in [0, 0.1) is 5.92 Å². The van der Waals surface area contributed by atoms with E-state index < -0.39 is 0 Å². The number of aryl methyl sites for hydroxylation is 1. The zero-order chi connectivity index (χ0) is 11.9. The van der Waals surface area contributed by atoms with Crippen molar-refractivity contribution in [3.63, 3.8) is 0 Å². The predicted octanol–water partition coefficient (Wildman–Crippen LogP) is 2.51. The lowest BCUT2D eigenvalue weighted by atomic mass is 9.61. The maximum atomic E-state index is 5.39. The van der Waals surface area contributed by atoms with Crippen LogP contribution in [-0.2, 0) is 11.8 Å². The molecule has 1 heterocycles. The van der Waals surface area contributed by atoms with Crippen molar-refractivity contribution in [1.82, 2.24) is 5.32 Å². The van der Waals surface area contributed by atoms with Crippen molar-refractivity contribution in [3.8, 4) is 5.75 Å². The number of benzene rings is 1. The molecule has 2 aliphatic rings. The maximum Gasteiger partial charge on any atom is 0.119 e.